The molecule has 0 aliphatic heterocycles. The third kappa shape index (κ3) is 3.25. The summed E-state index contributed by atoms with van der Waals surface area (Å²) < 4.78 is 11.5. The number of hydrogen-bond donors (Lipinski definition) is 3. The van der Waals surface area contributed by atoms with Gasteiger partial charge in [0, 0.05) is 17.4 Å². The van der Waals surface area contributed by atoms with Gasteiger partial charge < -0.3 is 20.2 Å². The molecule has 0 unspecified atom stereocenters. The molecule has 0 radical (unpaired) electrons. The summed E-state index contributed by atoms with van der Waals surface area (Å²) in [6.45, 7) is 1.49. The predicted octanol–water partition coefficient (Wildman–Crippen LogP) is 2.46. The Kier molecular flexibility index (Phi) is 4.31. The Balaban J connectivity index is 1.46. The summed E-state index contributed by atoms with van der Waals surface area (Å²) in [4.78, 5) is 23.6. The highest BCUT2D eigenvalue weighted by Crippen LogP contribution is 2.33. The number of aromatic nitrogens is 2. The Morgan fingerprint density at radius 2 is 2.15 bits per heavy atom. The Bertz CT molecular complexity index is 1030. The van der Waals surface area contributed by atoms with Crippen molar-refractivity contribution < 1.29 is 18.7 Å². The van der Waals surface area contributed by atoms with E-state index in [2.05, 4.69) is 15.5 Å². The highest BCUT2D eigenvalue weighted by molar-refractivity contribution is 6.02. The summed E-state index contributed by atoms with van der Waals surface area (Å²) in [5.74, 6) is 0.522. The number of hydrogen-bond acceptors (Lipinski definition) is 5. The van der Waals surface area contributed by atoms with Gasteiger partial charge >= 0.3 is 0 Å². The van der Waals surface area contributed by atoms with Crippen LogP contribution in [0.15, 0.2) is 22.6 Å². The number of carbonyl (C=O) groups excluding carboxylic acids is 2. The molecule has 0 fully saturated rings. The first-order chi connectivity index (χ1) is 13.0. The second-order valence-corrected chi connectivity index (χ2v) is 6.64. The lowest BCUT2D eigenvalue weighted by molar-refractivity contribution is -0.118. The van der Waals surface area contributed by atoms with Gasteiger partial charge in [0.15, 0.2) is 12.3 Å². The van der Waals surface area contributed by atoms with Crippen LogP contribution in [-0.4, -0.2) is 28.6 Å². The van der Waals surface area contributed by atoms with Crippen LogP contribution in [0.4, 0.5) is 5.69 Å². The molecule has 0 atom stereocenters. The summed E-state index contributed by atoms with van der Waals surface area (Å²) in [6, 6.07) is 5.56. The minimum Gasteiger partial charge on any atom is -0.484 e. The number of rotatable bonds is 5. The number of carbonyl (C=O) groups is 2. The van der Waals surface area contributed by atoms with Crippen LogP contribution in [0.25, 0.3) is 11.0 Å². The van der Waals surface area contributed by atoms with Gasteiger partial charge in [-0.3, -0.25) is 14.7 Å². The zero-order valence-corrected chi connectivity index (χ0v) is 14.9. The molecule has 1 aliphatic carbocycles. The Morgan fingerprint density at radius 3 is 2.96 bits per heavy atom. The van der Waals surface area contributed by atoms with Crippen molar-refractivity contribution in [1.29, 1.82) is 0 Å². The van der Waals surface area contributed by atoms with Crippen molar-refractivity contribution in [3.05, 3.63) is 40.9 Å². The van der Waals surface area contributed by atoms with Crippen LogP contribution < -0.4 is 15.8 Å². The van der Waals surface area contributed by atoms with E-state index in [0.717, 1.165) is 42.4 Å². The third-order valence-corrected chi connectivity index (χ3v) is 4.74. The molecule has 4 N–H and O–H groups in total. The molecule has 0 spiro atoms. The molecule has 3 aromatic rings. The minimum atomic E-state index is -0.717. The Labute approximate surface area is 155 Å². The fraction of sp³-hybridized carbons (Fsp3) is 0.316. The highest BCUT2D eigenvalue weighted by Gasteiger charge is 2.19. The largest absolute Gasteiger partial charge is 0.484 e. The zero-order chi connectivity index (χ0) is 19.0. The maximum absolute atomic E-state index is 12.2. The molecule has 8 nitrogen and oxygen atoms in total. The van der Waals surface area contributed by atoms with E-state index in [-0.39, 0.29) is 18.0 Å². The molecular formula is C19H20N4O4. The zero-order valence-electron chi connectivity index (χ0n) is 14.9. The number of H-pyrrole nitrogens is 1. The van der Waals surface area contributed by atoms with Crippen LogP contribution >= 0.6 is 0 Å². The lowest BCUT2D eigenvalue weighted by atomic mass is 9.96. The molecule has 0 bridgehead atoms. The van der Waals surface area contributed by atoms with Crippen molar-refractivity contribution in [2.45, 2.75) is 32.6 Å². The van der Waals surface area contributed by atoms with Crippen LogP contribution in [0.5, 0.6) is 5.75 Å². The predicted molar refractivity (Wildman–Crippen MR) is 98.8 cm³/mol. The third-order valence-electron chi connectivity index (χ3n) is 4.74. The van der Waals surface area contributed by atoms with Crippen LogP contribution in [0.3, 0.4) is 0 Å². The normalized spacial score (nSPS) is 13.4. The molecule has 0 saturated carbocycles. The van der Waals surface area contributed by atoms with E-state index in [1.807, 2.05) is 12.1 Å². The summed E-state index contributed by atoms with van der Waals surface area (Å²) >= 11 is 0. The van der Waals surface area contributed by atoms with Gasteiger partial charge in [0.2, 0.25) is 0 Å². The number of anilines is 1. The number of fused-ring (bicyclic) bond motifs is 3. The number of furan rings is 1. The average molecular weight is 368 g/mol. The van der Waals surface area contributed by atoms with Gasteiger partial charge in [0.1, 0.15) is 17.1 Å². The van der Waals surface area contributed by atoms with E-state index in [9.17, 15) is 9.59 Å². The molecule has 1 aromatic carbocycles. The lowest BCUT2D eigenvalue weighted by Crippen LogP contribution is -2.23. The van der Waals surface area contributed by atoms with Crippen LogP contribution in [0.1, 0.15) is 40.3 Å². The van der Waals surface area contributed by atoms with E-state index in [1.165, 1.54) is 5.56 Å². The van der Waals surface area contributed by atoms with E-state index >= 15 is 0 Å². The molecule has 27 heavy (non-hydrogen) atoms. The first-order valence-corrected chi connectivity index (χ1v) is 8.84. The maximum atomic E-state index is 12.2. The number of aryl methyl sites for hydroxylation is 3. The number of aromatic amines is 1. The van der Waals surface area contributed by atoms with Crippen molar-refractivity contribution in [2.75, 3.05) is 11.9 Å². The molecule has 2 heterocycles. The van der Waals surface area contributed by atoms with Crippen molar-refractivity contribution >= 4 is 28.5 Å². The summed E-state index contributed by atoms with van der Waals surface area (Å²) in [5.41, 5.74) is 8.15. The number of amides is 2. The fourth-order valence-electron chi connectivity index (χ4n) is 3.42. The minimum absolute atomic E-state index is 0.00713. The summed E-state index contributed by atoms with van der Waals surface area (Å²) in [7, 11) is 0. The van der Waals surface area contributed by atoms with Gasteiger partial charge in [-0.15, -0.1) is 0 Å². The fourth-order valence-corrected chi connectivity index (χ4v) is 3.42. The van der Waals surface area contributed by atoms with Gasteiger partial charge in [-0.25, -0.2) is 0 Å². The van der Waals surface area contributed by atoms with E-state index in [0.29, 0.717) is 11.4 Å². The second kappa shape index (κ2) is 6.79. The number of primary amides is 1. The molecule has 2 aromatic heterocycles. The monoisotopic (exact) mass is 368 g/mol. The first-order valence-electron chi connectivity index (χ1n) is 8.84. The summed E-state index contributed by atoms with van der Waals surface area (Å²) in [5, 5.41) is 10.1. The number of nitrogens with two attached hydrogens (primary N) is 1. The Morgan fingerprint density at radius 1 is 1.33 bits per heavy atom. The maximum Gasteiger partial charge on any atom is 0.271 e. The number of nitrogens with zero attached hydrogens (tertiary/aromatic N) is 1. The molecule has 1 aliphatic rings. The van der Waals surface area contributed by atoms with Gasteiger partial charge in [0.25, 0.3) is 11.8 Å². The van der Waals surface area contributed by atoms with Crippen molar-refractivity contribution in [3.63, 3.8) is 0 Å². The lowest BCUT2D eigenvalue weighted by Gasteiger charge is -2.09. The van der Waals surface area contributed by atoms with Crippen molar-refractivity contribution in [3.8, 4) is 5.75 Å². The highest BCUT2D eigenvalue weighted by atomic mass is 16.5. The van der Waals surface area contributed by atoms with E-state index in [4.69, 9.17) is 14.9 Å². The molecule has 140 valence electrons. The van der Waals surface area contributed by atoms with Crippen molar-refractivity contribution in [2.24, 2.45) is 5.73 Å². The SMILES string of the molecule is Cc1[nH]nc(C(N)=O)c1NC(=O)COc1ccc2oc3c(c2c1)CCCC3. The summed E-state index contributed by atoms with van der Waals surface area (Å²) in [6.07, 6.45) is 4.27. The van der Waals surface area contributed by atoms with Crippen LogP contribution in [0.2, 0.25) is 0 Å². The first kappa shape index (κ1) is 17.1. The molecule has 4 rings (SSSR count). The van der Waals surface area contributed by atoms with E-state index < -0.39 is 11.8 Å². The molecule has 8 heteroatoms. The van der Waals surface area contributed by atoms with Gasteiger partial charge in [-0.2, -0.15) is 5.10 Å². The van der Waals surface area contributed by atoms with Crippen molar-refractivity contribution in [1.82, 2.24) is 10.2 Å². The molecule has 0 saturated heterocycles. The van der Waals surface area contributed by atoms with E-state index in [1.54, 1.807) is 13.0 Å². The Hall–Kier alpha value is -3.29. The number of ether oxygens (including phenoxy) is 1. The van der Waals surface area contributed by atoms with Gasteiger partial charge in [-0.05, 0) is 44.4 Å². The van der Waals surface area contributed by atoms with Gasteiger partial charge in [-0.1, -0.05) is 0 Å². The smallest absolute Gasteiger partial charge is 0.271 e. The topological polar surface area (TPSA) is 123 Å². The standard InChI is InChI=1S/C19H20N4O4/c1-10-17(18(19(20)25)23-22-10)21-16(24)9-26-11-6-7-15-13(8-11)12-4-2-3-5-14(12)27-15/h6-8H,2-5,9H2,1H3,(H2,20,25)(H,21,24)(H,22,23). The molecule has 2 amide bonds. The second-order valence-electron chi connectivity index (χ2n) is 6.64. The number of nitrogens with one attached hydrogen (secondary N) is 2. The molecular weight excluding hydrogens is 348 g/mol. The number of benzene rings is 1. The van der Waals surface area contributed by atoms with Crippen LogP contribution in [0, 0.1) is 6.92 Å². The van der Waals surface area contributed by atoms with Gasteiger partial charge in [0.05, 0.1) is 11.4 Å². The quantitative estimate of drug-likeness (QED) is 0.638. The average Bonchev–Trinajstić information content (AvgIpc) is 3.20. The van der Waals surface area contributed by atoms with Crippen LogP contribution in [-0.2, 0) is 17.6 Å².